The third-order valence-electron chi connectivity index (χ3n) is 4.87. The van der Waals surface area contributed by atoms with Crippen molar-refractivity contribution in [3.05, 3.63) is 35.9 Å². The Kier molecular flexibility index (Phi) is 8.46. The highest BCUT2D eigenvalue weighted by Gasteiger charge is 2.26. The summed E-state index contributed by atoms with van der Waals surface area (Å²) in [6.45, 7) is 2.70. The lowest BCUT2D eigenvalue weighted by atomic mass is 9.95. The van der Waals surface area contributed by atoms with Crippen molar-refractivity contribution in [3.63, 3.8) is 0 Å². The molecule has 0 bridgehead atoms. The first kappa shape index (κ1) is 19.4. The second-order valence-corrected chi connectivity index (χ2v) is 6.81. The lowest BCUT2D eigenvalue weighted by molar-refractivity contribution is -0.135. The minimum atomic E-state index is 0.0253. The SMILES string of the molecule is NCCCCCCC(=O)N1CCC(C(=O)NCc2ccccc2)CC1. The van der Waals surface area contributed by atoms with Crippen LogP contribution in [0.1, 0.15) is 50.5 Å². The second-order valence-electron chi connectivity index (χ2n) is 6.81. The molecular weight excluding hydrogens is 314 g/mol. The zero-order valence-electron chi connectivity index (χ0n) is 15.1. The van der Waals surface area contributed by atoms with Gasteiger partial charge in [-0.15, -0.1) is 0 Å². The number of nitrogens with two attached hydrogens (primary N) is 1. The van der Waals surface area contributed by atoms with Crippen LogP contribution < -0.4 is 11.1 Å². The number of benzene rings is 1. The molecule has 1 aliphatic heterocycles. The molecule has 0 aromatic heterocycles. The Morgan fingerprint density at radius 3 is 2.40 bits per heavy atom. The minimum Gasteiger partial charge on any atom is -0.352 e. The molecular formula is C20H31N3O2. The smallest absolute Gasteiger partial charge is 0.223 e. The van der Waals surface area contributed by atoms with E-state index in [1.54, 1.807) is 0 Å². The van der Waals surface area contributed by atoms with E-state index in [1.165, 1.54) is 0 Å². The molecule has 1 saturated heterocycles. The number of hydrogen-bond acceptors (Lipinski definition) is 3. The predicted octanol–water partition coefficient (Wildman–Crippen LogP) is 2.45. The summed E-state index contributed by atoms with van der Waals surface area (Å²) in [6, 6.07) is 9.93. The van der Waals surface area contributed by atoms with Crippen LogP contribution in [0.4, 0.5) is 0 Å². The summed E-state index contributed by atoms with van der Waals surface area (Å²) in [7, 11) is 0. The summed E-state index contributed by atoms with van der Waals surface area (Å²) in [4.78, 5) is 26.4. The van der Waals surface area contributed by atoms with Crippen LogP contribution in [0.5, 0.6) is 0 Å². The van der Waals surface area contributed by atoms with Gasteiger partial charge < -0.3 is 16.0 Å². The molecule has 0 unspecified atom stereocenters. The van der Waals surface area contributed by atoms with E-state index in [0.29, 0.717) is 26.1 Å². The van der Waals surface area contributed by atoms with Crippen LogP contribution in [0, 0.1) is 5.92 Å². The number of unbranched alkanes of at least 4 members (excludes halogenated alkanes) is 3. The Hall–Kier alpha value is -1.88. The Morgan fingerprint density at radius 1 is 1.04 bits per heavy atom. The summed E-state index contributed by atoms with van der Waals surface area (Å²) in [5.74, 6) is 0.367. The fraction of sp³-hybridized carbons (Fsp3) is 0.600. The lowest BCUT2D eigenvalue weighted by Crippen LogP contribution is -2.42. The first-order valence-corrected chi connectivity index (χ1v) is 9.50. The topological polar surface area (TPSA) is 75.4 Å². The number of likely N-dealkylation sites (tertiary alicyclic amines) is 1. The molecule has 2 rings (SSSR count). The van der Waals surface area contributed by atoms with E-state index in [0.717, 1.165) is 50.6 Å². The average Bonchev–Trinajstić information content (AvgIpc) is 2.66. The number of hydrogen-bond donors (Lipinski definition) is 2. The highest BCUT2D eigenvalue weighted by Crippen LogP contribution is 2.19. The lowest BCUT2D eigenvalue weighted by Gasteiger charge is -2.31. The van der Waals surface area contributed by atoms with Crippen LogP contribution in [0.3, 0.4) is 0 Å². The molecule has 1 fully saturated rings. The van der Waals surface area contributed by atoms with Crippen molar-refractivity contribution in [1.82, 2.24) is 10.2 Å². The van der Waals surface area contributed by atoms with Gasteiger partial charge in [-0.25, -0.2) is 0 Å². The summed E-state index contributed by atoms with van der Waals surface area (Å²) < 4.78 is 0. The molecule has 1 aliphatic rings. The molecule has 1 aromatic carbocycles. The molecule has 0 spiro atoms. The van der Waals surface area contributed by atoms with Crippen LogP contribution in [-0.4, -0.2) is 36.3 Å². The van der Waals surface area contributed by atoms with E-state index in [-0.39, 0.29) is 17.7 Å². The van der Waals surface area contributed by atoms with Gasteiger partial charge in [0.25, 0.3) is 0 Å². The van der Waals surface area contributed by atoms with Crippen LogP contribution in [-0.2, 0) is 16.1 Å². The molecule has 5 nitrogen and oxygen atoms in total. The van der Waals surface area contributed by atoms with Gasteiger partial charge in [0.15, 0.2) is 0 Å². The monoisotopic (exact) mass is 345 g/mol. The summed E-state index contributed by atoms with van der Waals surface area (Å²) >= 11 is 0. The number of piperidine rings is 1. The highest BCUT2D eigenvalue weighted by molar-refractivity contribution is 5.80. The van der Waals surface area contributed by atoms with Gasteiger partial charge in [0, 0.05) is 32.0 Å². The number of rotatable bonds is 9. The van der Waals surface area contributed by atoms with Crippen molar-refractivity contribution >= 4 is 11.8 Å². The number of nitrogens with zero attached hydrogens (tertiary/aromatic N) is 1. The van der Waals surface area contributed by atoms with E-state index >= 15 is 0 Å². The number of carbonyl (C=O) groups excluding carboxylic acids is 2. The van der Waals surface area contributed by atoms with Gasteiger partial charge in [-0.1, -0.05) is 43.2 Å². The Balaban J connectivity index is 1.63. The Labute approximate surface area is 151 Å². The molecule has 1 heterocycles. The Bertz CT molecular complexity index is 525. The molecule has 0 atom stereocenters. The van der Waals surface area contributed by atoms with Gasteiger partial charge in [-0.2, -0.15) is 0 Å². The normalized spacial score (nSPS) is 15.2. The highest BCUT2D eigenvalue weighted by atomic mass is 16.2. The molecule has 138 valence electrons. The van der Waals surface area contributed by atoms with Crippen molar-refractivity contribution < 1.29 is 9.59 Å². The first-order chi connectivity index (χ1) is 12.2. The summed E-state index contributed by atoms with van der Waals surface area (Å²) in [5.41, 5.74) is 6.58. The molecule has 0 radical (unpaired) electrons. The number of nitrogens with one attached hydrogen (secondary N) is 1. The summed E-state index contributed by atoms with van der Waals surface area (Å²) in [5, 5.41) is 3.01. The maximum Gasteiger partial charge on any atom is 0.223 e. The Morgan fingerprint density at radius 2 is 1.72 bits per heavy atom. The zero-order chi connectivity index (χ0) is 17.9. The van der Waals surface area contributed by atoms with Gasteiger partial charge in [0.05, 0.1) is 0 Å². The second kappa shape index (κ2) is 10.9. The van der Waals surface area contributed by atoms with Gasteiger partial charge >= 0.3 is 0 Å². The average molecular weight is 345 g/mol. The van der Waals surface area contributed by atoms with Crippen molar-refractivity contribution in [2.24, 2.45) is 11.7 Å². The maximum atomic E-state index is 12.3. The maximum absolute atomic E-state index is 12.3. The van der Waals surface area contributed by atoms with Gasteiger partial charge in [0.1, 0.15) is 0 Å². The standard InChI is InChI=1S/C20H31N3O2/c21-13-7-2-1-6-10-19(24)23-14-11-18(12-15-23)20(25)22-16-17-8-4-3-5-9-17/h3-5,8-9,18H,1-2,6-7,10-16,21H2,(H,22,25). The zero-order valence-corrected chi connectivity index (χ0v) is 15.1. The van der Waals surface area contributed by atoms with E-state index in [1.807, 2.05) is 35.2 Å². The van der Waals surface area contributed by atoms with Crippen LogP contribution in [0.25, 0.3) is 0 Å². The van der Waals surface area contributed by atoms with E-state index in [2.05, 4.69) is 5.32 Å². The fourth-order valence-electron chi connectivity index (χ4n) is 3.25. The molecule has 2 amide bonds. The van der Waals surface area contributed by atoms with Gasteiger partial charge in [-0.05, 0) is 37.8 Å². The minimum absolute atomic E-state index is 0.0253. The first-order valence-electron chi connectivity index (χ1n) is 9.50. The van der Waals surface area contributed by atoms with Crippen molar-refractivity contribution in [2.75, 3.05) is 19.6 Å². The largest absolute Gasteiger partial charge is 0.352 e. The molecule has 25 heavy (non-hydrogen) atoms. The van der Waals surface area contributed by atoms with E-state index in [4.69, 9.17) is 5.73 Å². The third-order valence-corrected chi connectivity index (χ3v) is 4.87. The molecule has 0 saturated carbocycles. The third kappa shape index (κ3) is 6.86. The molecule has 3 N–H and O–H groups in total. The predicted molar refractivity (Wildman–Crippen MR) is 99.7 cm³/mol. The quantitative estimate of drug-likeness (QED) is 0.675. The fourth-order valence-corrected chi connectivity index (χ4v) is 3.25. The van der Waals surface area contributed by atoms with Crippen molar-refractivity contribution in [3.8, 4) is 0 Å². The molecule has 1 aromatic rings. The van der Waals surface area contributed by atoms with E-state index in [9.17, 15) is 9.59 Å². The van der Waals surface area contributed by atoms with Gasteiger partial charge in [0.2, 0.25) is 11.8 Å². The number of amides is 2. The van der Waals surface area contributed by atoms with Crippen LogP contribution in [0.15, 0.2) is 30.3 Å². The summed E-state index contributed by atoms with van der Waals surface area (Å²) in [6.07, 6.45) is 6.30. The van der Waals surface area contributed by atoms with Crippen molar-refractivity contribution in [2.45, 2.75) is 51.5 Å². The molecule has 5 heteroatoms. The van der Waals surface area contributed by atoms with Crippen molar-refractivity contribution in [1.29, 1.82) is 0 Å². The van der Waals surface area contributed by atoms with Crippen LogP contribution >= 0.6 is 0 Å². The van der Waals surface area contributed by atoms with Gasteiger partial charge in [-0.3, -0.25) is 9.59 Å². The van der Waals surface area contributed by atoms with E-state index < -0.39 is 0 Å². The number of carbonyl (C=O) groups is 2. The van der Waals surface area contributed by atoms with Crippen LogP contribution in [0.2, 0.25) is 0 Å². The molecule has 0 aliphatic carbocycles.